The third-order valence-corrected chi connectivity index (χ3v) is 4.38. The topological polar surface area (TPSA) is 54.4 Å². The Hall–Kier alpha value is -0.520. The first-order valence-corrected chi connectivity index (χ1v) is 6.39. The molecular formula is C8H10O3S2. The summed E-state index contributed by atoms with van der Waals surface area (Å²) in [6, 6.07) is 8.63. The molecule has 0 fully saturated rings. The second-order valence-electron chi connectivity index (χ2n) is 2.49. The lowest BCUT2D eigenvalue weighted by Crippen LogP contribution is -2.07. The van der Waals surface area contributed by atoms with Crippen molar-refractivity contribution in [1.82, 2.24) is 0 Å². The largest absolute Gasteiger partial charge is 0.284 e. The van der Waals surface area contributed by atoms with E-state index in [0.717, 1.165) is 11.8 Å². The van der Waals surface area contributed by atoms with Gasteiger partial charge in [-0.25, -0.2) is 0 Å². The Balaban J connectivity index is 3.06. The van der Waals surface area contributed by atoms with E-state index in [2.05, 4.69) is 0 Å². The molecule has 1 aromatic rings. The van der Waals surface area contributed by atoms with E-state index in [0.29, 0.717) is 5.56 Å². The summed E-state index contributed by atoms with van der Waals surface area (Å²) in [6.07, 6.45) is 1.64. The Morgan fingerprint density at radius 3 is 2.23 bits per heavy atom. The maximum atomic E-state index is 10.9. The minimum absolute atomic E-state index is 0.595. The molecule has 1 N–H and O–H groups in total. The fourth-order valence-electron chi connectivity index (χ4n) is 1.04. The van der Waals surface area contributed by atoms with Gasteiger partial charge in [-0.05, 0) is 11.8 Å². The first-order valence-electron chi connectivity index (χ1n) is 3.59. The van der Waals surface area contributed by atoms with Gasteiger partial charge in [-0.2, -0.15) is 8.42 Å². The molecule has 72 valence electrons. The van der Waals surface area contributed by atoms with Crippen LogP contribution < -0.4 is 0 Å². The molecule has 13 heavy (non-hydrogen) atoms. The van der Waals surface area contributed by atoms with Crippen LogP contribution in [0.4, 0.5) is 0 Å². The first kappa shape index (κ1) is 10.6. The molecule has 0 spiro atoms. The van der Waals surface area contributed by atoms with E-state index >= 15 is 0 Å². The van der Waals surface area contributed by atoms with E-state index in [1.807, 2.05) is 0 Å². The molecule has 0 amide bonds. The van der Waals surface area contributed by atoms with Gasteiger partial charge in [0.25, 0.3) is 10.1 Å². The van der Waals surface area contributed by atoms with Gasteiger partial charge in [0.05, 0.1) is 0 Å². The molecule has 0 aliphatic carbocycles. The van der Waals surface area contributed by atoms with Crippen LogP contribution in [0.15, 0.2) is 30.3 Å². The zero-order valence-electron chi connectivity index (χ0n) is 7.04. The van der Waals surface area contributed by atoms with Gasteiger partial charge < -0.3 is 0 Å². The molecule has 5 heteroatoms. The van der Waals surface area contributed by atoms with E-state index < -0.39 is 14.7 Å². The summed E-state index contributed by atoms with van der Waals surface area (Å²) in [5.74, 6) is 0. The van der Waals surface area contributed by atoms with Crippen LogP contribution in [0.3, 0.4) is 0 Å². The summed E-state index contributed by atoms with van der Waals surface area (Å²) in [6.45, 7) is 0. The summed E-state index contributed by atoms with van der Waals surface area (Å²) in [5.41, 5.74) is 0.595. The number of rotatable bonds is 3. The molecule has 0 aliphatic rings. The van der Waals surface area contributed by atoms with E-state index in [1.165, 1.54) is 0 Å². The molecule has 1 unspecified atom stereocenters. The van der Waals surface area contributed by atoms with Gasteiger partial charge in [-0.15, -0.1) is 11.8 Å². The third-order valence-electron chi connectivity index (χ3n) is 1.56. The summed E-state index contributed by atoms with van der Waals surface area (Å²) in [7, 11) is -4.01. The molecular weight excluding hydrogens is 208 g/mol. The summed E-state index contributed by atoms with van der Waals surface area (Å²) in [4.78, 5) is 0. The van der Waals surface area contributed by atoms with Crippen LogP contribution in [-0.2, 0) is 10.1 Å². The normalized spacial score (nSPS) is 14.0. The fraction of sp³-hybridized carbons (Fsp3) is 0.250. The lowest BCUT2D eigenvalue weighted by molar-refractivity contribution is 0.481. The zero-order chi connectivity index (χ0) is 9.90. The third kappa shape index (κ3) is 2.72. The molecule has 0 saturated heterocycles. The molecule has 0 radical (unpaired) electrons. The van der Waals surface area contributed by atoms with E-state index in [1.54, 1.807) is 36.6 Å². The Bertz CT molecular complexity index is 358. The number of thioether (sulfide) groups is 1. The molecule has 1 atom stereocenters. The highest BCUT2D eigenvalue weighted by Gasteiger charge is 2.23. The first-order chi connectivity index (χ1) is 6.05. The average Bonchev–Trinajstić information content (AvgIpc) is 2.05. The van der Waals surface area contributed by atoms with Crippen LogP contribution in [0.25, 0.3) is 0 Å². The van der Waals surface area contributed by atoms with Gasteiger partial charge in [-0.1, -0.05) is 30.3 Å². The quantitative estimate of drug-likeness (QED) is 0.788. The predicted molar refractivity (Wildman–Crippen MR) is 54.2 cm³/mol. The van der Waals surface area contributed by atoms with Crippen molar-refractivity contribution < 1.29 is 13.0 Å². The molecule has 3 nitrogen and oxygen atoms in total. The van der Waals surface area contributed by atoms with E-state index in [4.69, 9.17) is 4.55 Å². The van der Waals surface area contributed by atoms with Crippen molar-refractivity contribution in [2.75, 3.05) is 6.26 Å². The molecule has 0 saturated carbocycles. The van der Waals surface area contributed by atoms with Crippen molar-refractivity contribution in [3.8, 4) is 0 Å². The monoisotopic (exact) mass is 218 g/mol. The Kier molecular flexibility index (Phi) is 3.35. The van der Waals surface area contributed by atoms with Gasteiger partial charge in [-0.3, -0.25) is 4.55 Å². The van der Waals surface area contributed by atoms with Gasteiger partial charge in [0, 0.05) is 0 Å². The van der Waals surface area contributed by atoms with Crippen molar-refractivity contribution >= 4 is 21.9 Å². The average molecular weight is 218 g/mol. The van der Waals surface area contributed by atoms with Gasteiger partial charge in [0.1, 0.15) is 0 Å². The molecule has 1 rings (SSSR count). The lowest BCUT2D eigenvalue weighted by atomic mass is 10.2. The molecule has 0 aromatic heterocycles. The van der Waals surface area contributed by atoms with E-state index in [-0.39, 0.29) is 0 Å². The smallest absolute Gasteiger partial charge is 0.281 e. The molecule has 1 aromatic carbocycles. The van der Waals surface area contributed by atoms with Gasteiger partial charge in [0.2, 0.25) is 0 Å². The molecule has 0 bridgehead atoms. The van der Waals surface area contributed by atoms with Crippen LogP contribution in [0, 0.1) is 0 Å². The van der Waals surface area contributed by atoms with Crippen LogP contribution in [0.5, 0.6) is 0 Å². The highest BCUT2D eigenvalue weighted by Crippen LogP contribution is 2.30. The van der Waals surface area contributed by atoms with Crippen molar-refractivity contribution in [2.24, 2.45) is 0 Å². The lowest BCUT2D eigenvalue weighted by Gasteiger charge is -2.10. The van der Waals surface area contributed by atoms with E-state index in [9.17, 15) is 8.42 Å². The maximum Gasteiger partial charge on any atom is 0.281 e. The Labute approximate surface area is 81.9 Å². The maximum absolute atomic E-state index is 10.9. The standard InChI is InChI=1S/C8H10O3S2/c1-12-8(13(9,10)11)7-5-3-2-4-6-7/h2-6,8H,1H3,(H,9,10,11). The van der Waals surface area contributed by atoms with Crippen molar-refractivity contribution in [1.29, 1.82) is 0 Å². The predicted octanol–water partition coefficient (Wildman–Crippen LogP) is 1.94. The van der Waals surface area contributed by atoms with Gasteiger partial charge >= 0.3 is 0 Å². The molecule has 0 aliphatic heterocycles. The van der Waals surface area contributed by atoms with Crippen LogP contribution in [-0.4, -0.2) is 19.2 Å². The fourth-order valence-corrected chi connectivity index (χ4v) is 2.94. The van der Waals surface area contributed by atoms with Gasteiger partial charge in [0.15, 0.2) is 4.58 Å². The SMILES string of the molecule is CSC(c1ccccc1)S(=O)(=O)O. The zero-order valence-corrected chi connectivity index (χ0v) is 8.68. The second-order valence-corrected chi connectivity index (χ2v) is 5.24. The van der Waals surface area contributed by atoms with Crippen LogP contribution in [0.1, 0.15) is 10.1 Å². The second kappa shape index (κ2) is 4.13. The minimum atomic E-state index is -4.01. The highest BCUT2D eigenvalue weighted by molar-refractivity contribution is 8.10. The minimum Gasteiger partial charge on any atom is -0.284 e. The summed E-state index contributed by atoms with van der Waals surface area (Å²) >= 11 is 1.09. The Morgan fingerprint density at radius 1 is 1.31 bits per heavy atom. The highest BCUT2D eigenvalue weighted by atomic mass is 32.3. The number of hydrogen-bond acceptors (Lipinski definition) is 3. The number of hydrogen-bond donors (Lipinski definition) is 1. The van der Waals surface area contributed by atoms with Crippen LogP contribution in [0.2, 0.25) is 0 Å². The van der Waals surface area contributed by atoms with Crippen molar-refractivity contribution in [3.63, 3.8) is 0 Å². The Morgan fingerprint density at radius 2 is 1.85 bits per heavy atom. The molecule has 0 heterocycles. The number of benzene rings is 1. The summed E-state index contributed by atoms with van der Waals surface area (Å²) < 4.78 is 29.8. The van der Waals surface area contributed by atoms with Crippen LogP contribution >= 0.6 is 11.8 Å². The van der Waals surface area contributed by atoms with Crippen molar-refractivity contribution in [2.45, 2.75) is 4.58 Å². The summed E-state index contributed by atoms with van der Waals surface area (Å²) in [5, 5.41) is 0. The van der Waals surface area contributed by atoms with Crippen molar-refractivity contribution in [3.05, 3.63) is 35.9 Å².